The molecule has 0 spiro atoms. The predicted molar refractivity (Wildman–Crippen MR) is 127 cm³/mol. The molecule has 1 aromatic heterocycles. The van der Waals surface area contributed by atoms with Crippen molar-refractivity contribution in [1.82, 2.24) is 10.3 Å². The van der Waals surface area contributed by atoms with Crippen LogP contribution in [0.2, 0.25) is 0 Å². The summed E-state index contributed by atoms with van der Waals surface area (Å²) >= 11 is 0. The first-order chi connectivity index (χ1) is 16.1. The smallest absolute Gasteiger partial charge is 0.251 e. The lowest BCUT2D eigenvalue weighted by Gasteiger charge is -2.11. The molecule has 0 atom stereocenters. The van der Waals surface area contributed by atoms with Crippen molar-refractivity contribution in [3.05, 3.63) is 71.8 Å². The Labute approximate surface area is 194 Å². The number of hydrogen-bond donors (Lipinski definition) is 1. The van der Waals surface area contributed by atoms with Crippen LogP contribution in [0.25, 0.3) is 11.3 Å². The maximum atomic E-state index is 12.4. The molecule has 0 saturated heterocycles. The molecule has 3 aromatic rings. The fraction of sp³-hybridized carbons (Fsp3) is 0.308. The number of benzene rings is 2. The van der Waals surface area contributed by atoms with Crippen LogP contribution < -0.4 is 19.5 Å². The van der Waals surface area contributed by atoms with Gasteiger partial charge in [-0.15, -0.1) is 0 Å². The monoisotopic (exact) mass is 450 g/mol. The first kappa shape index (κ1) is 24.1. The fourth-order valence-corrected chi connectivity index (χ4v) is 3.27. The van der Waals surface area contributed by atoms with Crippen molar-refractivity contribution in [2.45, 2.75) is 13.3 Å². The van der Waals surface area contributed by atoms with Gasteiger partial charge in [0.1, 0.15) is 0 Å². The first-order valence-electron chi connectivity index (χ1n) is 10.9. The maximum absolute atomic E-state index is 12.4. The number of carbonyl (C=O) groups excluding carboxylic acids is 1. The number of pyridine rings is 1. The highest BCUT2D eigenvalue weighted by Gasteiger charge is 2.09. The lowest BCUT2D eigenvalue weighted by atomic mass is 10.1. The van der Waals surface area contributed by atoms with Crippen LogP contribution in [0.4, 0.5) is 0 Å². The second-order valence-electron chi connectivity index (χ2n) is 7.18. The van der Waals surface area contributed by atoms with Crippen LogP contribution in [-0.4, -0.2) is 51.5 Å². The minimum atomic E-state index is -0.140. The maximum Gasteiger partial charge on any atom is 0.251 e. The first-order valence-corrected chi connectivity index (χ1v) is 10.9. The summed E-state index contributed by atoms with van der Waals surface area (Å²) in [6, 6.07) is 18.8. The number of hydrogen-bond acceptors (Lipinski definition) is 6. The molecule has 0 radical (unpaired) electrons. The molecule has 0 aliphatic heterocycles. The third-order valence-corrected chi connectivity index (χ3v) is 4.97. The van der Waals surface area contributed by atoms with Crippen molar-refractivity contribution in [2.75, 3.05) is 40.6 Å². The molecule has 2 aromatic carbocycles. The third kappa shape index (κ3) is 6.95. The van der Waals surface area contributed by atoms with Gasteiger partial charge in [0, 0.05) is 36.8 Å². The summed E-state index contributed by atoms with van der Waals surface area (Å²) in [4.78, 5) is 17.0. The number of nitrogens with zero attached hydrogens (tertiary/aromatic N) is 1. The van der Waals surface area contributed by atoms with E-state index in [1.807, 2.05) is 61.5 Å². The Bertz CT molecular complexity index is 1050. The van der Waals surface area contributed by atoms with Gasteiger partial charge in [-0.2, -0.15) is 0 Å². The van der Waals surface area contributed by atoms with Gasteiger partial charge in [-0.25, -0.2) is 4.98 Å². The van der Waals surface area contributed by atoms with E-state index in [1.54, 1.807) is 20.3 Å². The van der Waals surface area contributed by atoms with Crippen molar-refractivity contribution in [3.8, 4) is 28.6 Å². The molecular formula is C26H30N2O5. The van der Waals surface area contributed by atoms with Crippen molar-refractivity contribution < 1.29 is 23.7 Å². The minimum Gasteiger partial charge on any atom is -0.493 e. The zero-order chi connectivity index (χ0) is 23.5. The van der Waals surface area contributed by atoms with Gasteiger partial charge in [-0.3, -0.25) is 4.79 Å². The van der Waals surface area contributed by atoms with Crippen LogP contribution in [-0.2, 0) is 11.2 Å². The van der Waals surface area contributed by atoms with Gasteiger partial charge in [0.25, 0.3) is 5.91 Å². The highest BCUT2D eigenvalue weighted by atomic mass is 16.5. The van der Waals surface area contributed by atoms with Gasteiger partial charge >= 0.3 is 0 Å². The number of carbonyl (C=O) groups is 1. The van der Waals surface area contributed by atoms with Gasteiger partial charge in [-0.1, -0.05) is 24.3 Å². The van der Waals surface area contributed by atoms with E-state index in [1.165, 1.54) is 0 Å². The van der Waals surface area contributed by atoms with Gasteiger partial charge < -0.3 is 24.3 Å². The normalized spacial score (nSPS) is 10.5. The number of rotatable bonds is 12. The lowest BCUT2D eigenvalue weighted by Crippen LogP contribution is -2.27. The number of nitrogens with one attached hydrogen (secondary N) is 1. The quantitative estimate of drug-likeness (QED) is 0.418. The van der Waals surface area contributed by atoms with Crippen molar-refractivity contribution in [3.63, 3.8) is 0 Å². The Kier molecular flexibility index (Phi) is 9.08. The molecule has 3 rings (SSSR count). The van der Waals surface area contributed by atoms with Crippen LogP contribution in [0, 0.1) is 0 Å². The molecule has 7 nitrogen and oxygen atoms in total. The minimum absolute atomic E-state index is 0.140. The Morgan fingerprint density at radius 1 is 0.939 bits per heavy atom. The summed E-state index contributed by atoms with van der Waals surface area (Å²) in [7, 11) is 3.23. The van der Waals surface area contributed by atoms with E-state index >= 15 is 0 Å². The Hall–Kier alpha value is -3.58. The second kappa shape index (κ2) is 12.5. The summed E-state index contributed by atoms with van der Waals surface area (Å²) in [5.41, 5.74) is 3.23. The van der Waals surface area contributed by atoms with Crippen LogP contribution in [0.5, 0.6) is 17.4 Å². The second-order valence-corrected chi connectivity index (χ2v) is 7.18. The number of ether oxygens (including phenoxy) is 4. The van der Waals surface area contributed by atoms with E-state index in [0.29, 0.717) is 55.7 Å². The Morgan fingerprint density at radius 2 is 1.76 bits per heavy atom. The highest BCUT2D eigenvalue weighted by Crippen LogP contribution is 2.28. The van der Waals surface area contributed by atoms with Crippen molar-refractivity contribution in [1.29, 1.82) is 0 Å². The van der Waals surface area contributed by atoms with Gasteiger partial charge in [-0.05, 0) is 42.8 Å². The van der Waals surface area contributed by atoms with Crippen molar-refractivity contribution >= 4 is 5.91 Å². The Balaban J connectivity index is 1.61. The van der Waals surface area contributed by atoms with Gasteiger partial charge in [0.15, 0.2) is 11.5 Å². The molecule has 33 heavy (non-hydrogen) atoms. The van der Waals surface area contributed by atoms with Crippen LogP contribution in [0.15, 0.2) is 60.7 Å². The molecule has 0 unspecified atom stereocenters. The standard InChI is InChI=1S/C26H30N2O5/c1-4-32-16-14-27-26(29)21-8-5-7-20(18-21)22-9-6-10-25(28-22)33-15-13-19-11-12-23(30-2)24(17-19)31-3/h5-12,17-18H,4,13-16H2,1-3H3,(H,27,29). The molecule has 1 amide bonds. The van der Waals surface area contributed by atoms with E-state index in [-0.39, 0.29) is 5.91 Å². The molecule has 0 aliphatic rings. The largest absolute Gasteiger partial charge is 0.493 e. The zero-order valence-electron chi connectivity index (χ0n) is 19.3. The summed E-state index contributed by atoms with van der Waals surface area (Å²) in [6.07, 6.45) is 0.698. The van der Waals surface area contributed by atoms with Crippen LogP contribution >= 0.6 is 0 Å². The molecule has 0 fully saturated rings. The molecule has 1 heterocycles. The predicted octanol–water partition coefficient (Wildman–Crippen LogP) is 4.15. The molecular weight excluding hydrogens is 420 g/mol. The van der Waals surface area contributed by atoms with E-state index in [2.05, 4.69) is 10.3 Å². The molecule has 0 saturated carbocycles. The number of aromatic nitrogens is 1. The van der Waals surface area contributed by atoms with E-state index in [9.17, 15) is 4.79 Å². The van der Waals surface area contributed by atoms with Gasteiger partial charge in [0.2, 0.25) is 5.88 Å². The molecule has 174 valence electrons. The number of methoxy groups -OCH3 is 2. The van der Waals surface area contributed by atoms with E-state index in [4.69, 9.17) is 18.9 Å². The SMILES string of the molecule is CCOCCNC(=O)c1cccc(-c2cccc(OCCc3ccc(OC)c(OC)c3)n2)c1. The summed E-state index contributed by atoms with van der Waals surface area (Å²) in [6.45, 7) is 3.98. The van der Waals surface area contributed by atoms with E-state index < -0.39 is 0 Å². The summed E-state index contributed by atoms with van der Waals surface area (Å²) < 4.78 is 21.8. The highest BCUT2D eigenvalue weighted by molar-refractivity contribution is 5.95. The fourth-order valence-electron chi connectivity index (χ4n) is 3.27. The zero-order valence-corrected chi connectivity index (χ0v) is 19.3. The lowest BCUT2D eigenvalue weighted by molar-refractivity contribution is 0.0922. The molecule has 1 N–H and O–H groups in total. The summed E-state index contributed by atoms with van der Waals surface area (Å²) in [5, 5.41) is 2.86. The topological polar surface area (TPSA) is 78.9 Å². The average molecular weight is 451 g/mol. The summed E-state index contributed by atoms with van der Waals surface area (Å²) in [5.74, 6) is 1.78. The average Bonchev–Trinajstić information content (AvgIpc) is 2.86. The number of amides is 1. The molecule has 0 bridgehead atoms. The third-order valence-electron chi connectivity index (χ3n) is 4.97. The Morgan fingerprint density at radius 3 is 2.55 bits per heavy atom. The van der Waals surface area contributed by atoms with Crippen LogP contribution in [0.3, 0.4) is 0 Å². The molecule has 7 heteroatoms. The van der Waals surface area contributed by atoms with Gasteiger partial charge in [0.05, 0.1) is 33.1 Å². The molecule has 0 aliphatic carbocycles. The van der Waals surface area contributed by atoms with E-state index in [0.717, 1.165) is 16.8 Å². The van der Waals surface area contributed by atoms with Crippen molar-refractivity contribution in [2.24, 2.45) is 0 Å². The van der Waals surface area contributed by atoms with Crippen LogP contribution in [0.1, 0.15) is 22.8 Å².